The van der Waals surface area contributed by atoms with E-state index in [0.29, 0.717) is 24.5 Å². The molecule has 0 radical (unpaired) electrons. The maximum atomic E-state index is 13.6. The van der Waals surface area contributed by atoms with Crippen LogP contribution in [0.2, 0.25) is 0 Å². The highest BCUT2D eigenvalue weighted by atomic mass is 16.6. The van der Waals surface area contributed by atoms with E-state index in [0.717, 1.165) is 16.3 Å². The van der Waals surface area contributed by atoms with E-state index in [9.17, 15) is 24.5 Å². The number of nitro groups is 1. The number of fused-ring (bicyclic) bond motifs is 1. The molecule has 0 heterocycles. The molecule has 5 aromatic carbocycles. The summed E-state index contributed by atoms with van der Waals surface area (Å²) in [6.07, 6.45) is 0.538. The van der Waals surface area contributed by atoms with Gasteiger partial charge in [-0.1, -0.05) is 70.2 Å². The van der Waals surface area contributed by atoms with Crippen LogP contribution in [0.25, 0.3) is 10.8 Å². The summed E-state index contributed by atoms with van der Waals surface area (Å²) >= 11 is 0. The second-order valence-corrected chi connectivity index (χ2v) is 13.3. The molecule has 274 valence electrons. The molecule has 5 rings (SSSR count). The second-order valence-electron chi connectivity index (χ2n) is 13.3. The number of carbonyl (C=O) groups excluding carboxylic acids is 3. The van der Waals surface area contributed by atoms with Gasteiger partial charge in [0.15, 0.2) is 5.75 Å². The Kier molecular flexibility index (Phi) is 12.3. The van der Waals surface area contributed by atoms with E-state index in [1.807, 2.05) is 64.1 Å². The third kappa shape index (κ3) is 10.1. The van der Waals surface area contributed by atoms with E-state index >= 15 is 0 Å². The molecule has 5 aromatic rings. The van der Waals surface area contributed by atoms with Crippen molar-refractivity contribution in [2.75, 3.05) is 30.5 Å². The summed E-state index contributed by atoms with van der Waals surface area (Å²) in [4.78, 5) is 50.0. The number of amides is 3. The SMILES string of the molecule is CC(C)COc1cc(C(N)=O)ccc1NC(=O)c1ccc(NC(=O)c2ccc([N+](=O)[O-])c(OCC(C)C)c2)c(OCCc2ccc3ccccc3c2)c1. The predicted molar refractivity (Wildman–Crippen MR) is 204 cm³/mol. The lowest BCUT2D eigenvalue weighted by Gasteiger charge is -2.17. The van der Waals surface area contributed by atoms with Gasteiger partial charge in [-0.25, -0.2) is 0 Å². The van der Waals surface area contributed by atoms with E-state index in [1.165, 1.54) is 42.5 Å². The standard InChI is InChI=1S/C41H42N4O8/c1-25(2)23-52-37-20-30(39(42)46)11-14-34(37)44-40(47)31-12-15-33(36(21-31)51-18-17-27-9-10-28-7-5-6-8-29(28)19-27)43-41(48)32-13-16-35(45(49)50)38(22-32)53-24-26(3)4/h5-16,19-22,25-26H,17-18,23-24H2,1-4H3,(H2,42,46)(H,43,48)(H,44,47). The van der Waals surface area contributed by atoms with Gasteiger partial charge in [0.2, 0.25) is 5.91 Å². The molecule has 0 aliphatic carbocycles. The lowest BCUT2D eigenvalue weighted by Crippen LogP contribution is -2.17. The molecule has 12 heteroatoms. The van der Waals surface area contributed by atoms with Crippen LogP contribution in [0.4, 0.5) is 17.1 Å². The average Bonchev–Trinajstić information content (AvgIpc) is 3.13. The second kappa shape index (κ2) is 17.2. The highest BCUT2D eigenvalue weighted by Crippen LogP contribution is 2.32. The van der Waals surface area contributed by atoms with Crippen molar-refractivity contribution in [3.63, 3.8) is 0 Å². The van der Waals surface area contributed by atoms with Gasteiger partial charge in [0.25, 0.3) is 11.8 Å². The van der Waals surface area contributed by atoms with Crippen molar-refractivity contribution in [2.45, 2.75) is 34.1 Å². The van der Waals surface area contributed by atoms with Crippen molar-refractivity contribution in [2.24, 2.45) is 17.6 Å². The van der Waals surface area contributed by atoms with Gasteiger partial charge in [-0.15, -0.1) is 0 Å². The van der Waals surface area contributed by atoms with Crippen molar-refractivity contribution in [1.82, 2.24) is 0 Å². The zero-order chi connectivity index (χ0) is 38.1. The number of carbonyl (C=O) groups is 3. The Morgan fingerprint density at radius 3 is 1.79 bits per heavy atom. The lowest BCUT2D eigenvalue weighted by molar-refractivity contribution is -0.385. The summed E-state index contributed by atoms with van der Waals surface area (Å²) in [7, 11) is 0. The molecule has 12 nitrogen and oxygen atoms in total. The van der Waals surface area contributed by atoms with Crippen molar-refractivity contribution in [3.8, 4) is 17.2 Å². The first kappa shape index (κ1) is 37.8. The topological polar surface area (TPSA) is 172 Å². The molecular weight excluding hydrogens is 676 g/mol. The van der Waals surface area contributed by atoms with Gasteiger partial charge < -0.3 is 30.6 Å². The monoisotopic (exact) mass is 718 g/mol. The zero-order valence-electron chi connectivity index (χ0n) is 30.0. The van der Waals surface area contributed by atoms with Crippen LogP contribution < -0.4 is 30.6 Å². The van der Waals surface area contributed by atoms with Crippen LogP contribution in [-0.2, 0) is 6.42 Å². The molecule has 0 spiro atoms. The fraction of sp³-hybridized carbons (Fsp3) is 0.244. The van der Waals surface area contributed by atoms with E-state index in [1.54, 1.807) is 12.1 Å². The third-order valence-electron chi connectivity index (χ3n) is 8.03. The van der Waals surface area contributed by atoms with Gasteiger partial charge in [0, 0.05) is 35.2 Å². The predicted octanol–water partition coefficient (Wildman–Crippen LogP) is 8.04. The van der Waals surface area contributed by atoms with Crippen molar-refractivity contribution >= 4 is 45.6 Å². The quantitative estimate of drug-likeness (QED) is 0.0679. The number of hydrogen-bond donors (Lipinski definition) is 3. The fourth-order valence-electron chi connectivity index (χ4n) is 5.28. The van der Waals surface area contributed by atoms with Crippen LogP contribution in [0.5, 0.6) is 17.2 Å². The number of ether oxygens (including phenoxy) is 3. The highest BCUT2D eigenvalue weighted by molar-refractivity contribution is 6.08. The molecule has 0 saturated carbocycles. The van der Waals surface area contributed by atoms with E-state index in [2.05, 4.69) is 16.7 Å². The van der Waals surface area contributed by atoms with E-state index in [-0.39, 0.29) is 64.6 Å². The molecule has 53 heavy (non-hydrogen) atoms. The first-order valence-electron chi connectivity index (χ1n) is 17.2. The van der Waals surface area contributed by atoms with Crippen LogP contribution in [0.15, 0.2) is 97.1 Å². The molecule has 0 saturated heterocycles. The van der Waals surface area contributed by atoms with Crippen LogP contribution in [-0.4, -0.2) is 42.5 Å². The normalized spacial score (nSPS) is 11.0. The zero-order valence-corrected chi connectivity index (χ0v) is 30.0. The minimum absolute atomic E-state index is 0.0177. The molecule has 3 amide bonds. The number of nitro benzene ring substituents is 1. The maximum absolute atomic E-state index is 13.6. The van der Waals surface area contributed by atoms with Crippen molar-refractivity contribution in [1.29, 1.82) is 0 Å². The summed E-state index contributed by atoms with van der Waals surface area (Å²) < 4.78 is 17.8. The first-order valence-corrected chi connectivity index (χ1v) is 17.2. The molecule has 0 unspecified atom stereocenters. The van der Waals surface area contributed by atoms with Gasteiger partial charge in [0.05, 0.1) is 36.1 Å². The smallest absolute Gasteiger partial charge is 0.310 e. The summed E-state index contributed by atoms with van der Waals surface area (Å²) in [5, 5.41) is 19.5. The minimum Gasteiger partial charge on any atom is -0.491 e. The summed E-state index contributed by atoms with van der Waals surface area (Å²) in [5.74, 6) is -0.907. The van der Waals surface area contributed by atoms with Crippen LogP contribution in [0, 0.1) is 22.0 Å². The highest BCUT2D eigenvalue weighted by Gasteiger charge is 2.21. The van der Waals surface area contributed by atoms with Crippen LogP contribution in [0.3, 0.4) is 0 Å². The van der Waals surface area contributed by atoms with Gasteiger partial charge >= 0.3 is 5.69 Å². The van der Waals surface area contributed by atoms with E-state index < -0.39 is 22.6 Å². The molecule has 0 aromatic heterocycles. The number of hydrogen-bond acceptors (Lipinski definition) is 8. The largest absolute Gasteiger partial charge is 0.491 e. The number of anilines is 2. The Bertz CT molecular complexity index is 2150. The Morgan fingerprint density at radius 2 is 1.19 bits per heavy atom. The minimum atomic E-state index is -0.631. The van der Waals surface area contributed by atoms with Gasteiger partial charge in [-0.05, 0) is 70.6 Å². The van der Waals surface area contributed by atoms with E-state index in [4.69, 9.17) is 19.9 Å². The average molecular weight is 719 g/mol. The third-order valence-corrected chi connectivity index (χ3v) is 8.03. The summed E-state index contributed by atoms with van der Waals surface area (Å²) in [5.41, 5.74) is 7.46. The summed E-state index contributed by atoms with van der Waals surface area (Å²) in [6, 6.07) is 27.2. The summed E-state index contributed by atoms with van der Waals surface area (Å²) in [6.45, 7) is 8.55. The molecular formula is C41H42N4O8. The van der Waals surface area contributed by atoms with Gasteiger partial charge in [-0.3, -0.25) is 24.5 Å². The van der Waals surface area contributed by atoms with Gasteiger partial charge in [0.1, 0.15) is 11.5 Å². The number of nitrogens with two attached hydrogens (primary N) is 1. The number of nitrogens with one attached hydrogen (secondary N) is 2. The molecule has 0 fully saturated rings. The first-order chi connectivity index (χ1) is 25.4. The molecule has 4 N–H and O–H groups in total. The Labute approximate surface area is 307 Å². The molecule has 0 bridgehead atoms. The van der Waals surface area contributed by atoms with Crippen molar-refractivity contribution < 1.29 is 33.5 Å². The Balaban J connectivity index is 1.42. The van der Waals surface area contributed by atoms with Crippen LogP contribution in [0.1, 0.15) is 64.3 Å². The van der Waals surface area contributed by atoms with Crippen LogP contribution >= 0.6 is 0 Å². The van der Waals surface area contributed by atoms with Crippen molar-refractivity contribution in [3.05, 3.63) is 129 Å². The Hall–Kier alpha value is -6.43. The maximum Gasteiger partial charge on any atom is 0.310 e. The lowest BCUT2D eigenvalue weighted by atomic mass is 10.1. The molecule has 0 aliphatic rings. The number of primary amides is 1. The van der Waals surface area contributed by atoms with Gasteiger partial charge in [-0.2, -0.15) is 0 Å². The fourth-order valence-corrected chi connectivity index (χ4v) is 5.28. The Morgan fingerprint density at radius 1 is 0.660 bits per heavy atom. The molecule has 0 aliphatic heterocycles. The number of rotatable bonds is 16. The molecule has 0 atom stereocenters. The number of nitrogens with zero attached hydrogens (tertiary/aromatic N) is 1. The number of benzene rings is 5.